The van der Waals surface area contributed by atoms with E-state index in [4.69, 9.17) is 19.0 Å². The molecule has 0 aliphatic rings. The molecule has 0 spiro atoms. The van der Waals surface area contributed by atoms with Crippen LogP contribution in [0.4, 0.5) is 0 Å². The molecule has 26 heavy (non-hydrogen) atoms. The summed E-state index contributed by atoms with van der Waals surface area (Å²) in [4.78, 5) is 12.5. The molecule has 1 heterocycles. The van der Waals surface area contributed by atoms with Crippen LogP contribution in [0.2, 0.25) is 0 Å². The molecule has 0 saturated carbocycles. The number of ether oxygens (including phenoxy) is 2. The highest BCUT2D eigenvalue weighted by atomic mass is 16.5. The third-order valence-electron chi connectivity index (χ3n) is 3.95. The lowest BCUT2D eigenvalue weighted by Gasteiger charge is -2.11. The first-order valence-electron chi connectivity index (χ1n) is 8.16. The van der Waals surface area contributed by atoms with Crippen molar-refractivity contribution in [3.63, 3.8) is 0 Å². The van der Waals surface area contributed by atoms with Gasteiger partial charge in [-0.1, -0.05) is 0 Å². The molecule has 136 valence electrons. The number of rotatable bonds is 6. The van der Waals surface area contributed by atoms with Crippen molar-refractivity contribution in [2.24, 2.45) is 0 Å². The van der Waals surface area contributed by atoms with Gasteiger partial charge in [0, 0.05) is 11.6 Å². The van der Waals surface area contributed by atoms with Crippen LogP contribution in [-0.2, 0) is 0 Å². The molecule has 1 unspecified atom stereocenters. The highest BCUT2D eigenvalue weighted by molar-refractivity contribution is 5.85. The Hall–Kier alpha value is -2.83. The maximum atomic E-state index is 12.5. The van der Waals surface area contributed by atoms with E-state index in [2.05, 4.69) is 0 Å². The average molecular weight is 356 g/mol. The maximum Gasteiger partial charge on any atom is 0.197 e. The van der Waals surface area contributed by atoms with Crippen molar-refractivity contribution >= 4 is 11.0 Å². The van der Waals surface area contributed by atoms with Crippen LogP contribution in [0.3, 0.4) is 0 Å². The van der Waals surface area contributed by atoms with Gasteiger partial charge in [-0.2, -0.15) is 0 Å². The molecule has 1 atom stereocenters. The SMILES string of the molecule is COc1cc(C)cc2oc(-c3ccc(OCC(O)CO)cc3)cc(=O)c12. The van der Waals surface area contributed by atoms with Crippen molar-refractivity contribution in [1.29, 1.82) is 0 Å². The number of benzene rings is 2. The number of hydrogen-bond donors (Lipinski definition) is 2. The van der Waals surface area contributed by atoms with E-state index in [0.717, 1.165) is 11.1 Å². The van der Waals surface area contributed by atoms with E-state index in [1.54, 1.807) is 36.4 Å². The van der Waals surface area contributed by atoms with Gasteiger partial charge in [0.1, 0.15) is 40.9 Å². The molecule has 0 aliphatic heterocycles. The Kier molecular flexibility index (Phi) is 5.25. The summed E-state index contributed by atoms with van der Waals surface area (Å²) in [6.07, 6.45) is -0.925. The van der Waals surface area contributed by atoms with E-state index >= 15 is 0 Å². The second-order valence-electron chi connectivity index (χ2n) is 5.99. The summed E-state index contributed by atoms with van der Waals surface area (Å²) in [7, 11) is 1.52. The molecule has 2 N–H and O–H groups in total. The summed E-state index contributed by atoms with van der Waals surface area (Å²) >= 11 is 0. The predicted molar refractivity (Wildman–Crippen MR) is 97.8 cm³/mol. The molecule has 2 aromatic carbocycles. The molecule has 6 nitrogen and oxygen atoms in total. The number of aliphatic hydroxyl groups is 2. The third kappa shape index (κ3) is 3.71. The van der Waals surface area contributed by atoms with E-state index < -0.39 is 6.10 Å². The summed E-state index contributed by atoms with van der Waals surface area (Å²) in [6, 6.07) is 12.0. The summed E-state index contributed by atoms with van der Waals surface area (Å²) < 4.78 is 16.6. The lowest BCUT2D eigenvalue weighted by molar-refractivity contribution is 0.0536. The number of hydrogen-bond acceptors (Lipinski definition) is 6. The minimum absolute atomic E-state index is 0.0000240. The molecule has 0 amide bonds. The first-order chi connectivity index (χ1) is 12.5. The first kappa shape index (κ1) is 18.0. The molecular weight excluding hydrogens is 336 g/mol. The van der Waals surface area contributed by atoms with Crippen molar-refractivity contribution in [3.05, 3.63) is 58.3 Å². The van der Waals surface area contributed by atoms with Crippen LogP contribution < -0.4 is 14.9 Å². The monoisotopic (exact) mass is 356 g/mol. The minimum Gasteiger partial charge on any atom is -0.496 e. The second kappa shape index (κ2) is 7.59. The third-order valence-corrected chi connectivity index (χ3v) is 3.95. The topological polar surface area (TPSA) is 89.1 Å². The number of aryl methyl sites for hydroxylation is 1. The molecule has 6 heteroatoms. The largest absolute Gasteiger partial charge is 0.496 e. The van der Waals surface area contributed by atoms with Crippen molar-refractivity contribution in [2.45, 2.75) is 13.0 Å². The minimum atomic E-state index is -0.925. The Morgan fingerprint density at radius 2 is 1.88 bits per heavy atom. The summed E-state index contributed by atoms with van der Waals surface area (Å²) in [5, 5.41) is 18.5. The highest BCUT2D eigenvalue weighted by Gasteiger charge is 2.12. The van der Waals surface area contributed by atoms with Gasteiger partial charge in [0.05, 0.1) is 13.7 Å². The van der Waals surface area contributed by atoms with Crippen LogP contribution >= 0.6 is 0 Å². The maximum absolute atomic E-state index is 12.5. The van der Waals surface area contributed by atoms with Gasteiger partial charge in [-0.25, -0.2) is 0 Å². The average Bonchev–Trinajstić information content (AvgIpc) is 2.65. The number of aliphatic hydroxyl groups excluding tert-OH is 2. The zero-order valence-corrected chi connectivity index (χ0v) is 14.6. The van der Waals surface area contributed by atoms with Crippen molar-refractivity contribution in [2.75, 3.05) is 20.3 Å². The van der Waals surface area contributed by atoms with Gasteiger partial charge in [0.2, 0.25) is 0 Å². The Labute approximate surface area is 150 Å². The molecule has 3 rings (SSSR count). The molecule has 0 radical (unpaired) electrons. The van der Waals surface area contributed by atoms with Gasteiger partial charge in [-0.3, -0.25) is 4.79 Å². The van der Waals surface area contributed by atoms with E-state index in [1.165, 1.54) is 13.2 Å². The summed E-state index contributed by atoms with van der Waals surface area (Å²) in [5.41, 5.74) is 1.95. The van der Waals surface area contributed by atoms with Gasteiger partial charge in [-0.15, -0.1) is 0 Å². The zero-order chi connectivity index (χ0) is 18.7. The summed E-state index contributed by atoms with van der Waals surface area (Å²) in [5.74, 6) is 1.48. The molecular formula is C20H20O6. The Morgan fingerprint density at radius 1 is 1.15 bits per heavy atom. The zero-order valence-electron chi connectivity index (χ0n) is 14.6. The van der Waals surface area contributed by atoms with Gasteiger partial charge >= 0.3 is 0 Å². The molecule has 0 aliphatic carbocycles. The lowest BCUT2D eigenvalue weighted by Crippen LogP contribution is -2.21. The summed E-state index contributed by atoms with van der Waals surface area (Å²) in [6.45, 7) is 1.55. The fraction of sp³-hybridized carbons (Fsp3) is 0.250. The standard InChI is InChI=1S/C20H20O6/c1-12-7-18(24-2)20-16(23)9-17(26-19(20)8-12)13-3-5-15(6-4-13)25-11-14(22)10-21/h3-9,14,21-22H,10-11H2,1-2H3. The normalized spacial score (nSPS) is 12.2. The van der Waals surface area contributed by atoms with E-state index in [9.17, 15) is 9.90 Å². The van der Waals surface area contributed by atoms with E-state index in [-0.39, 0.29) is 18.6 Å². The quantitative estimate of drug-likeness (QED) is 0.705. The van der Waals surface area contributed by atoms with Crippen LogP contribution in [0, 0.1) is 6.92 Å². The molecule has 3 aromatic rings. The van der Waals surface area contributed by atoms with Crippen LogP contribution in [0.1, 0.15) is 5.56 Å². The smallest absolute Gasteiger partial charge is 0.197 e. The Morgan fingerprint density at radius 3 is 2.54 bits per heavy atom. The Balaban J connectivity index is 1.94. The predicted octanol–water partition coefficient (Wildman–Crippen LogP) is 2.51. The van der Waals surface area contributed by atoms with Crippen LogP contribution in [0.5, 0.6) is 11.5 Å². The fourth-order valence-electron chi connectivity index (χ4n) is 2.65. The molecule has 0 bridgehead atoms. The van der Waals surface area contributed by atoms with Gasteiger partial charge < -0.3 is 24.1 Å². The molecule has 0 fully saturated rings. The molecule has 1 aromatic heterocycles. The van der Waals surface area contributed by atoms with E-state index in [1.807, 2.05) is 6.92 Å². The van der Waals surface area contributed by atoms with E-state index in [0.29, 0.717) is 28.2 Å². The van der Waals surface area contributed by atoms with Gasteiger partial charge in [0.25, 0.3) is 0 Å². The van der Waals surface area contributed by atoms with Crippen LogP contribution in [-0.4, -0.2) is 36.6 Å². The number of fused-ring (bicyclic) bond motifs is 1. The molecule has 0 saturated heterocycles. The van der Waals surface area contributed by atoms with Crippen LogP contribution in [0.15, 0.2) is 51.7 Å². The van der Waals surface area contributed by atoms with Crippen molar-refractivity contribution in [3.8, 4) is 22.8 Å². The van der Waals surface area contributed by atoms with Crippen LogP contribution in [0.25, 0.3) is 22.3 Å². The first-order valence-corrected chi connectivity index (χ1v) is 8.16. The Bertz CT molecular complexity index is 958. The lowest BCUT2D eigenvalue weighted by atomic mass is 10.1. The highest BCUT2D eigenvalue weighted by Crippen LogP contribution is 2.29. The number of methoxy groups -OCH3 is 1. The van der Waals surface area contributed by atoms with Crippen molar-refractivity contribution < 1.29 is 24.1 Å². The fourth-order valence-corrected chi connectivity index (χ4v) is 2.65. The van der Waals surface area contributed by atoms with Crippen molar-refractivity contribution in [1.82, 2.24) is 0 Å². The van der Waals surface area contributed by atoms with Gasteiger partial charge in [0.15, 0.2) is 5.43 Å². The van der Waals surface area contributed by atoms with Gasteiger partial charge in [-0.05, 0) is 48.9 Å². The second-order valence-corrected chi connectivity index (χ2v) is 5.99.